The van der Waals surface area contributed by atoms with E-state index in [4.69, 9.17) is 23.7 Å². The number of anilines is 1. The molecule has 0 aliphatic heterocycles. The Kier molecular flexibility index (Phi) is 7.91. The van der Waals surface area contributed by atoms with Crippen molar-refractivity contribution in [3.05, 3.63) is 65.7 Å². The molecule has 0 saturated heterocycles. The normalized spacial score (nSPS) is 11.2. The van der Waals surface area contributed by atoms with Crippen molar-refractivity contribution in [2.24, 2.45) is 0 Å². The second-order valence-electron chi connectivity index (χ2n) is 7.04. The van der Waals surface area contributed by atoms with E-state index >= 15 is 0 Å². The van der Waals surface area contributed by atoms with E-state index in [1.54, 1.807) is 51.7 Å². The lowest BCUT2D eigenvalue weighted by Gasteiger charge is -2.13. The first-order chi connectivity index (χ1) is 16.3. The molecule has 0 aliphatic carbocycles. The lowest BCUT2D eigenvalue weighted by molar-refractivity contribution is 0.324. The van der Waals surface area contributed by atoms with Crippen molar-refractivity contribution in [1.82, 2.24) is 0 Å². The topological polar surface area (TPSA) is 92.3 Å². The van der Waals surface area contributed by atoms with E-state index < -0.39 is 10.0 Å². The predicted molar refractivity (Wildman–Crippen MR) is 132 cm³/mol. The molecule has 0 aromatic heterocycles. The van der Waals surface area contributed by atoms with Crippen molar-refractivity contribution in [1.29, 1.82) is 0 Å². The molecule has 3 aromatic carbocycles. The van der Waals surface area contributed by atoms with Gasteiger partial charge in [0.15, 0.2) is 23.0 Å². The number of hydrogen-bond donors (Lipinski definition) is 1. The largest absolute Gasteiger partial charge is 0.493 e. The summed E-state index contributed by atoms with van der Waals surface area (Å²) in [5.74, 6) is 2.42. The second-order valence-corrected chi connectivity index (χ2v) is 8.72. The van der Waals surface area contributed by atoms with Gasteiger partial charge in [-0.05, 0) is 47.5 Å². The van der Waals surface area contributed by atoms with Gasteiger partial charge in [-0.25, -0.2) is 8.42 Å². The fraction of sp³-hybridized carbons (Fsp3) is 0.200. The Morgan fingerprint density at radius 2 is 1.18 bits per heavy atom. The van der Waals surface area contributed by atoms with E-state index in [0.29, 0.717) is 34.4 Å². The van der Waals surface area contributed by atoms with Crippen LogP contribution in [0.4, 0.5) is 5.69 Å². The standard InChI is InChI=1S/C25H27NO7S/c1-29-21-13-12-20(16-22(21)30-2)34(27,28)26-19-10-8-17(9-11-19)6-7-18-14-23(31-3)25(33-5)24(15-18)32-4/h6-16,26H,1-5H3. The van der Waals surface area contributed by atoms with Crippen LogP contribution in [0.15, 0.2) is 59.5 Å². The van der Waals surface area contributed by atoms with Crippen molar-refractivity contribution in [2.45, 2.75) is 4.90 Å². The van der Waals surface area contributed by atoms with Gasteiger partial charge in [0, 0.05) is 11.8 Å². The van der Waals surface area contributed by atoms with E-state index in [9.17, 15) is 8.42 Å². The Bertz CT molecular complexity index is 1240. The predicted octanol–water partition coefficient (Wildman–Crippen LogP) is 4.70. The third-order valence-corrected chi connectivity index (χ3v) is 6.36. The monoisotopic (exact) mass is 485 g/mol. The Morgan fingerprint density at radius 1 is 0.618 bits per heavy atom. The lowest BCUT2D eigenvalue weighted by atomic mass is 10.1. The summed E-state index contributed by atoms with van der Waals surface area (Å²) in [4.78, 5) is 0.0662. The molecule has 0 bridgehead atoms. The van der Waals surface area contributed by atoms with E-state index in [1.807, 2.05) is 24.3 Å². The molecule has 8 nitrogen and oxygen atoms in total. The van der Waals surface area contributed by atoms with E-state index in [-0.39, 0.29) is 4.90 Å². The van der Waals surface area contributed by atoms with Crippen LogP contribution < -0.4 is 28.4 Å². The van der Waals surface area contributed by atoms with Crippen LogP contribution in [0.25, 0.3) is 12.2 Å². The van der Waals surface area contributed by atoms with Crippen molar-refractivity contribution < 1.29 is 32.1 Å². The molecule has 3 rings (SSSR count). The van der Waals surface area contributed by atoms with Gasteiger partial charge in [0.2, 0.25) is 5.75 Å². The van der Waals surface area contributed by atoms with E-state index in [2.05, 4.69) is 4.72 Å². The summed E-state index contributed by atoms with van der Waals surface area (Å²) in [5.41, 5.74) is 2.16. The van der Waals surface area contributed by atoms with Gasteiger partial charge in [0.05, 0.1) is 40.4 Å². The molecular formula is C25H27NO7S. The van der Waals surface area contributed by atoms with Crippen molar-refractivity contribution >= 4 is 27.9 Å². The first-order valence-electron chi connectivity index (χ1n) is 10.2. The van der Waals surface area contributed by atoms with Gasteiger partial charge in [0.25, 0.3) is 10.0 Å². The number of nitrogens with one attached hydrogen (secondary N) is 1. The van der Waals surface area contributed by atoms with Gasteiger partial charge in [0.1, 0.15) is 0 Å². The average molecular weight is 486 g/mol. The van der Waals surface area contributed by atoms with Gasteiger partial charge < -0.3 is 23.7 Å². The highest BCUT2D eigenvalue weighted by atomic mass is 32.2. The quantitative estimate of drug-likeness (QED) is 0.416. The van der Waals surface area contributed by atoms with Crippen molar-refractivity contribution in [3.63, 3.8) is 0 Å². The minimum absolute atomic E-state index is 0.0662. The Labute approximate surface area is 199 Å². The van der Waals surface area contributed by atoms with Gasteiger partial charge in [-0.3, -0.25) is 4.72 Å². The summed E-state index contributed by atoms with van der Waals surface area (Å²) in [5, 5.41) is 0. The summed E-state index contributed by atoms with van der Waals surface area (Å²) in [6.07, 6.45) is 3.79. The third kappa shape index (κ3) is 5.55. The zero-order valence-electron chi connectivity index (χ0n) is 19.6. The van der Waals surface area contributed by atoms with Crippen LogP contribution in [0.1, 0.15) is 11.1 Å². The fourth-order valence-electron chi connectivity index (χ4n) is 3.25. The van der Waals surface area contributed by atoms with E-state index in [1.165, 1.54) is 26.4 Å². The lowest BCUT2D eigenvalue weighted by Crippen LogP contribution is -2.13. The number of rotatable bonds is 10. The maximum atomic E-state index is 12.8. The Morgan fingerprint density at radius 3 is 1.71 bits per heavy atom. The van der Waals surface area contributed by atoms with Gasteiger partial charge >= 0.3 is 0 Å². The second kappa shape index (κ2) is 10.8. The zero-order chi connectivity index (χ0) is 24.7. The molecule has 0 aliphatic rings. The van der Waals surface area contributed by atoms with Crippen LogP contribution in [-0.4, -0.2) is 44.0 Å². The number of methoxy groups -OCH3 is 5. The molecule has 0 heterocycles. The molecule has 9 heteroatoms. The van der Waals surface area contributed by atoms with Gasteiger partial charge in [-0.1, -0.05) is 24.3 Å². The number of sulfonamides is 1. The highest BCUT2D eigenvalue weighted by Crippen LogP contribution is 2.38. The van der Waals surface area contributed by atoms with Crippen LogP contribution in [0.2, 0.25) is 0 Å². The summed E-state index contributed by atoms with van der Waals surface area (Å²) in [7, 11) is 3.81. The van der Waals surface area contributed by atoms with Gasteiger partial charge in [-0.2, -0.15) is 0 Å². The smallest absolute Gasteiger partial charge is 0.262 e. The van der Waals surface area contributed by atoms with Crippen LogP contribution in [0.5, 0.6) is 28.7 Å². The maximum Gasteiger partial charge on any atom is 0.262 e. The first kappa shape index (κ1) is 24.8. The molecule has 0 spiro atoms. The molecular weight excluding hydrogens is 458 g/mol. The fourth-order valence-corrected chi connectivity index (χ4v) is 4.32. The molecule has 0 unspecified atom stereocenters. The summed E-state index contributed by atoms with van der Waals surface area (Å²) < 4.78 is 54.6. The summed E-state index contributed by atoms with van der Waals surface area (Å²) in [6.45, 7) is 0. The molecule has 0 fully saturated rings. The van der Waals surface area contributed by atoms with Crippen molar-refractivity contribution in [2.75, 3.05) is 40.3 Å². The van der Waals surface area contributed by atoms with Crippen LogP contribution in [-0.2, 0) is 10.0 Å². The summed E-state index contributed by atoms with van der Waals surface area (Å²) in [6, 6.07) is 15.1. The van der Waals surface area contributed by atoms with Crippen LogP contribution in [0, 0.1) is 0 Å². The van der Waals surface area contributed by atoms with E-state index in [0.717, 1.165) is 11.1 Å². The summed E-state index contributed by atoms with van der Waals surface area (Å²) >= 11 is 0. The molecule has 180 valence electrons. The number of hydrogen-bond acceptors (Lipinski definition) is 7. The van der Waals surface area contributed by atoms with Gasteiger partial charge in [-0.15, -0.1) is 0 Å². The molecule has 0 saturated carbocycles. The molecule has 3 aromatic rings. The number of benzene rings is 3. The highest BCUT2D eigenvalue weighted by Gasteiger charge is 2.17. The minimum atomic E-state index is -3.80. The molecule has 1 N–H and O–H groups in total. The third-order valence-electron chi connectivity index (χ3n) is 4.98. The zero-order valence-corrected chi connectivity index (χ0v) is 20.4. The van der Waals surface area contributed by atoms with Crippen LogP contribution in [0.3, 0.4) is 0 Å². The molecule has 34 heavy (non-hydrogen) atoms. The Balaban J connectivity index is 1.77. The first-order valence-corrected chi connectivity index (χ1v) is 11.7. The van der Waals surface area contributed by atoms with Crippen molar-refractivity contribution in [3.8, 4) is 28.7 Å². The average Bonchev–Trinajstić information content (AvgIpc) is 2.86. The molecule has 0 amide bonds. The highest BCUT2D eigenvalue weighted by molar-refractivity contribution is 7.92. The Hall–Kier alpha value is -3.85. The van der Waals surface area contributed by atoms with Crippen LogP contribution >= 0.6 is 0 Å². The molecule has 0 atom stereocenters. The SMILES string of the molecule is COc1ccc(S(=O)(=O)Nc2ccc(C=Cc3cc(OC)c(OC)c(OC)c3)cc2)cc1OC. The molecule has 0 radical (unpaired) electrons. The number of ether oxygens (including phenoxy) is 5. The minimum Gasteiger partial charge on any atom is -0.493 e. The maximum absolute atomic E-state index is 12.8.